The highest BCUT2D eigenvalue weighted by atomic mass is 15.1. The Morgan fingerprint density at radius 1 is 0.333 bits per heavy atom. The third-order valence-corrected chi connectivity index (χ3v) is 11.9. The van der Waals surface area contributed by atoms with Crippen LogP contribution in [-0.2, 0) is 0 Å². The summed E-state index contributed by atoms with van der Waals surface area (Å²) in [6.45, 7) is 2.22. The fourth-order valence-electron chi connectivity index (χ4n) is 8.80. The fourth-order valence-corrected chi connectivity index (χ4v) is 8.80. The molecule has 11 aromatic rings. The van der Waals surface area contributed by atoms with Crippen LogP contribution in [0.15, 0.2) is 237 Å². The second-order valence-electron chi connectivity index (χ2n) is 15.9. The summed E-state index contributed by atoms with van der Waals surface area (Å²) in [4.78, 5) is 12.3. The average Bonchev–Trinajstić information content (AvgIpc) is 3.68. The first-order valence-electron chi connectivity index (χ1n) is 21.4. The molecule has 0 fully saturated rings. The first-order valence-corrected chi connectivity index (χ1v) is 21.4. The van der Waals surface area contributed by atoms with E-state index in [2.05, 4.69) is 217 Å². The summed E-state index contributed by atoms with van der Waals surface area (Å²) in [5, 5.41) is 2.45. The molecule has 0 atom stereocenters. The highest BCUT2D eigenvalue weighted by Crippen LogP contribution is 2.40. The second-order valence-corrected chi connectivity index (χ2v) is 15.9. The normalized spacial score (nSPS) is 11.3. The average molecular weight is 807 g/mol. The molecule has 0 saturated carbocycles. The standard InChI is InChI=1S/C59H42N4/c1-41-38-48(34-36-56(41)63-57-25-15-14-24-52(57)53-39-51(35-37-58(53)63)62(49-20-10-4-11-21-49)50-22-12-5-13-23-50)44-28-26-42(27-29-44)43-30-32-46(33-31-43)55-40-54(45-16-6-2-7-17-45)60-59(61-55)47-18-8-3-9-19-47/h2-40H,1H3. The van der Waals surface area contributed by atoms with Crippen LogP contribution in [0.4, 0.5) is 17.1 Å². The molecule has 0 aliphatic heterocycles. The van der Waals surface area contributed by atoms with Crippen molar-refractivity contribution in [1.29, 1.82) is 0 Å². The van der Waals surface area contributed by atoms with Gasteiger partial charge in [0, 0.05) is 50.2 Å². The van der Waals surface area contributed by atoms with Gasteiger partial charge < -0.3 is 9.47 Å². The molecule has 4 nitrogen and oxygen atoms in total. The predicted molar refractivity (Wildman–Crippen MR) is 263 cm³/mol. The van der Waals surface area contributed by atoms with E-state index >= 15 is 0 Å². The molecule has 11 rings (SSSR count). The molecule has 0 aliphatic rings. The molecule has 4 heteroatoms. The Balaban J connectivity index is 0.888. The number of benzene rings is 9. The Morgan fingerprint density at radius 3 is 1.38 bits per heavy atom. The molecule has 298 valence electrons. The molecule has 0 N–H and O–H groups in total. The van der Waals surface area contributed by atoms with Crippen molar-refractivity contribution in [3.8, 4) is 61.8 Å². The molecule has 0 saturated heterocycles. The minimum atomic E-state index is 0.716. The Labute approximate surface area is 367 Å². The van der Waals surface area contributed by atoms with E-state index in [9.17, 15) is 0 Å². The quantitative estimate of drug-likeness (QED) is 0.146. The smallest absolute Gasteiger partial charge is 0.160 e. The number of aryl methyl sites for hydroxylation is 1. The maximum absolute atomic E-state index is 5.02. The minimum Gasteiger partial charge on any atom is -0.310 e. The SMILES string of the molecule is Cc1cc(-c2ccc(-c3ccc(-c4cc(-c5ccccc5)nc(-c5ccccc5)n4)cc3)cc2)ccc1-n1c2ccccc2c2cc(N(c3ccccc3)c3ccccc3)ccc21. The number of nitrogens with zero attached hydrogens (tertiary/aromatic N) is 4. The van der Waals surface area contributed by atoms with Gasteiger partial charge >= 0.3 is 0 Å². The Bertz CT molecular complexity index is 3260. The minimum absolute atomic E-state index is 0.716. The molecular weight excluding hydrogens is 765 g/mol. The summed E-state index contributed by atoms with van der Waals surface area (Å²) in [7, 11) is 0. The molecule has 2 heterocycles. The Hall–Kier alpha value is -8.34. The number of hydrogen-bond acceptors (Lipinski definition) is 3. The summed E-state index contributed by atoms with van der Waals surface area (Å²) in [6, 6.07) is 83.8. The highest BCUT2D eigenvalue weighted by Gasteiger charge is 2.18. The third kappa shape index (κ3) is 7.24. The van der Waals surface area contributed by atoms with Gasteiger partial charge in [0.05, 0.1) is 22.4 Å². The molecule has 0 spiro atoms. The summed E-state index contributed by atoms with van der Waals surface area (Å²) >= 11 is 0. The van der Waals surface area contributed by atoms with Crippen molar-refractivity contribution in [2.45, 2.75) is 6.92 Å². The van der Waals surface area contributed by atoms with Crippen LogP contribution >= 0.6 is 0 Å². The molecule has 9 aromatic carbocycles. The topological polar surface area (TPSA) is 34.0 Å². The predicted octanol–water partition coefficient (Wildman–Crippen LogP) is 15.7. The lowest BCUT2D eigenvalue weighted by atomic mass is 9.97. The van der Waals surface area contributed by atoms with Gasteiger partial charge in [0.2, 0.25) is 0 Å². The lowest BCUT2D eigenvalue weighted by Crippen LogP contribution is -2.09. The number of para-hydroxylation sites is 3. The third-order valence-electron chi connectivity index (χ3n) is 11.9. The van der Waals surface area contributed by atoms with E-state index in [4.69, 9.17) is 9.97 Å². The van der Waals surface area contributed by atoms with Gasteiger partial charge in [-0.2, -0.15) is 0 Å². The first-order chi connectivity index (χ1) is 31.1. The first kappa shape index (κ1) is 37.6. The van der Waals surface area contributed by atoms with Gasteiger partial charge in [-0.05, 0) is 101 Å². The largest absolute Gasteiger partial charge is 0.310 e. The molecule has 0 unspecified atom stereocenters. The number of fused-ring (bicyclic) bond motifs is 3. The van der Waals surface area contributed by atoms with Gasteiger partial charge in [-0.25, -0.2) is 9.97 Å². The number of rotatable bonds is 9. The van der Waals surface area contributed by atoms with Crippen LogP contribution in [0, 0.1) is 6.92 Å². The monoisotopic (exact) mass is 806 g/mol. The number of anilines is 3. The van der Waals surface area contributed by atoms with Crippen molar-refractivity contribution < 1.29 is 0 Å². The van der Waals surface area contributed by atoms with Crippen LogP contribution in [0.3, 0.4) is 0 Å². The number of aromatic nitrogens is 3. The maximum Gasteiger partial charge on any atom is 0.160 e. The number of hydrogen-bond donors (Lipinski definition) is 0. The second kappa shape index (κ2) is 16.3. The van der Waals surface area contributed by atoms with E-state index in [1.165, 1.54) is 49.7 Å². The summed E-state index contributed by atoms with van der Waals surface area (Å²) in [5.74, 6) is 0.716. The zero-order valence-electron chi connectivity index (χ0n) is 34.8. The van der Waals surface area contributed by atoms with Crippen molar-refractivity contribution in [3.63, 3.8) is 0 Å². The molecule has 0 radical (unpaired) electrons. The lowest BCUT2D eigenvalue weighted by Gasteiger charge is -2.25. The molecule has 0 aliphatic carbocycles. The van der Waals surface area contributed by atoms with Crippen LogP contribution in [0.1, 0.15) is 5.56 Å². The van der Waals surface area contributed by atoms with E-state index in [-0.39, 0.29) is 0 Å². The van der Waals surface area contributed by atoms with Crippen LogP contribution in [-0.4, -0.2) is 14.5 Å². The van der Waals surface area contributed by atoms with E-state index in [1.807, 2.05) is 36.4 Å². The highest BCUT2D eigenvalue weighted by molar-refractivity contribution is 6.11. The van der Waals surface area contributed by atoms with Gasteiger partial charge in [-0.1, -0.05) is 170 Å². The Morgan fingerprint density at radius 2 is 0.794 bits per heavy atom. The van der Waals surface area contributed by atoms with Gasteiger partial charge in [0.1, 0.15) is 0 Å². The molecular formula is C59H42N4. The van der Waals surface area contributed by atoms with Crippen LogP contribution in [0.2, 0.25) is 0 Å². The van der Waals surface area contributed by atoms with E-state index in [0.29, 0.717) is 5.82 Å². The molecule has 0 bridgehead atoms. The van der Waals surface area contributed by atoms with Gasteiger partial charge in [0.25, 0.3) is 0 Å². The van der Waals surface area contributed by atoms with E-state index in [1.54, 1.807) is 0 Å². The van der Waals surface area contributed by atoms with Crippen LogP contribution < -0.4 is 4.90 Å². The van der Waals surface area contributed by atoms with Crippen molar-refractivity contribution in [2.24, 2.45) is 0 Å². The summed E-state index contributed by atoms with van der Waals surface area (Å²) < 4.78 is 2.42. The molecule has 0 amide bonds. The van der Waals surface area contributed by atoms with E-state index < -0.39 is 0 Å². The zero-order chi connectivity index (χ0) is 42.1. The van der Waals surface area contributed by atoms with Crippen molar-refractivity contribution in [3.05, 3.63) is 242 Å². The van der Waals surface area contributed by atoms with Crippen LogP contribution in [0.5, 0.6) is 0 Å². The van der Waals surface area contributed by atoms with Crippen molar-refractivity contribution in [1.82, 2.24) is 14.5 Å². The van der Waals surface area contributed by atoms with Crippen molar-refractivity contribution >= 4 is 38.9 Å². The van der Waals surface area contributed by atoms with Crippen LogP contribution in [0.25, 0.3) is 83.6 Å². The zero-order valence-corrected chi connectivity index (χ0v) is 34.8. The maximum atomic E-state index is 5.02. The summed E-state index contributed by atoms with van der Waals surface area (Å²) in [6.07, 6.45) is 0. The summed E-state index contributed by atoms with van der Waals surface area (Å²) in [5.41, 5.74) is 17.7. The van der Waals surface area contributed by atoms with Gasteiger partial charge in [-0.3, -0.25) is 0 Å². The fraction of sp³-hybridized carbons (Fsp3) is 0.0169. The lowest BCUT2D eigenvalue weighted by molar-refractivity contribution is 1.15. The van der Waals surface area contributed by atoms with Gasteiger partial charge in [-0.15, -0.1) is 0 Å². The molecule has 2 aromatic heterocycles. The van der Waals surface area contributed by atoms with Gasteiger partial charge in [0.15, 0.2) is 5.82 Å². The molecule has 63 heavy (non-hydrogen) atoms. The van der Waals surface area contributed by atoms with E-state index in [0.717, 1.165) is 50.7 Å². The van der Waals surface area contributed by atoms with Crippen molar-refractivity contribution in [2.75, 3.05) is 4.90 Å². The Kier molecular flexibility index (Phi) is 9.72.